The third-order valence-corrected chi connectivity index (χ3v) is 6.91. The van der Waals surface area contributed by atoms with Gasteiger partial charge in [0.15, 0.2) is 11.4 Å². The van der Waals surface area contributed by atoms with Crippen molar-refractivity contribution in [1.29, 1.82) is 0 Å². The molecular formula is C24H34N2O4. The Bertz CT molecular complexity index is 784. The van der Waals surface area contributed by atoms with Gasteiger partial charge < -0.3 is 14.7 Å². The summed E-state index contributed by atoms with van der Waals surface area (Å²) in [7, 11) is 0. The highest BCUT2D eigenvalue weighted by atomic mass is 16.6. The normalized spacial score (nSPS) is 26.7. The predicted octanol–water partition coefficient (Wildman–Crippen LogP) is 3.33. The molecule has 1 N–H and O–H groups in total. The van der Waals surface area contributed by atoms with Crippen LogP contribution in [0.15, 0.2) is 30.3 Å². The van der Waals surface area contributed by atoms with Crippen molar-refractivity contribution in [3.05, 3.63) is 35.9 Å². The third-order valence-electron chi connectivity index (χ3n) is 6.91. The standard InChI is InChI=1S/C24H34N2O4/c1-23(2,3)30-22(28)26-15-19-13-20(26)14-25(19)16-21(27)24(29,18-11-7-8-12-18)17-9-5-4-6-10-17/h4-6,9-10,18-20,29H,7-8,11-16H2,1-3H3. The Balaban J connectivity index is 1.45. The van der Waals surface area contributed by atoms with Crippen molar-refractivity contribution >= 4 is 11.9 Å². The van der Waals surface area contributed by atoms with E-state index in [1.165, 1.54) is 0 Å². The quantitative estimate of drug-likeness (QED) is 0.800. The Morgan fingerprint density at radius 3 is 2.30 bits per heavy atom. The summed E-state index contributed by atoms with van der Waals surface area (Å²) < 4.78 is 5.53. The van der Waals surface area contributed by atoms with Crippen molar-refractivity contribution in [1.82, 2.24) is 9.80 Å². The fraction of sp³-hybridized carbons (Fsp3) is 0.667. The number of benzene rings is 1. The lowest BCUT2D eigenvalue weighted by Crippen LogP contribution is -2.54. The Labute approximate surface area is 179 Å². The van der Waals surface area contributed by atoms with Gasteiger partial charge in [-0.3, -0.25) is 9.69 Å². The van der Waals surface area contributed by atoms with Crippen LogP contribution in [0, 0.1) is 5.92 Å². The van der Waals surface area contributed by atoms with Crippen LogP contribution in [-0.2, 0) is 15.1 Å². The maximum atomic E-state index is 13.5. The second-order valence-electron chi connectivity index (χ2n) is 10.1. The number of hydrogen-bond donors (Lipinski definition) is 1. The van der Waals surface area contributed by atoms with Crippen molar-refractivity contribution in [3.8, 4) is 0 Å². The average Bonchev–Trinajstić information content (AvgIpc) is 3.43. The zero-order valence-electron chi connectivity index (χ0n) is 18.3. The highest BCUT2D eigenvalue weighted by molar-refractivity contribution is 5.90. The monoisotopic (exact) mass is 414 g/mol. The Hall–Kier alpha value is -1.92. The van der Waals surface area contributed by atoms with Gasteiger partial charge in [0.1, 0.15) is 5.60 Å². The van der Waals surface area contributed by atoms with Gasteiger partial charge in [-0.05, 0) is 51.5 Å². The molecule has 4 rings (SSSR count). The number of fused-ring (bicyclic) bond motifs is 2. The summed E-state index contributed by atoms with van der Waals surface area (Å²) in [6, 6.07) is 9.66. The molecule has 2 saturated heterocycles. The van der Waals surface area contributed by atoms with Gasteiger partial charge in [-0.2, -0.15) is 0 Å². The molecule has 1 amide bonds. The van der Waals surface area contributed by atoms with E-state index in [4.69, 9.17) is 4.74 Å². The molecule has 1 aromatic carbocycles. The molecule has 2 heterocycles. The number of carbonyl (C=O) groups is 2. The van der Waals surface area contributed by atoms with Crippen LogP contribution < -0.4 is 0 Å². The molecule has 1 saturated carbocycles. The van der Waals surface area contributed by atoms with Crippen molar-refractivity contribution < 1.29 is 19.4 Å². The fourth-order valence-corrected chi connectivity index (χ4v) is 5.45. The summed E-state index contributed by atoms with van der Waals surface area (Å²) in [4.78, 5) is 29.9. The van der Waals surface area contributed by atoms with Crippen LogP contribution in [0.2, 0.25) is 0 Å². The lowest BCUT2D eigenvalue weighted by Gasteiger charge is -2.38. The molecule has 2 aliphatic heterocycles. The number of ketones is 1. The van der Waals surface area contributed by atoms with Gasteiger partial charge in [-0.1, -0.05) is 43.2 Å². The second-order valence-corrected chi connectivity index (χ2v) is 10.1. The minimum Gasteiger partial charge on any atom is -0.444 e. The summed E-state index contributed by atoms with van der Waals surface area (Å²) in [5.74, 6) is -0.137. The van der Waals surface area contributed by atoms with E-state index in [0.29, 0.717) is 18.7 Å². The predicted molar refractivity (Wildman–Crippen MR) is 114 cm³/mol. The number of likely N-dealkylation sites (tertiary alicyclic amines) is 2. The highest BCUT2D eigenvalue weighted by Crippen LogP contribution is 2.42. The number of ether oxygens (including phenoxy) is 1. The molecule has 3 unspecified atom stereocenters. The van der Waals surface area contributed by atoms with E-state index >= 15 is 0 Å². The summed E-state index contributed by atoms with van der Waals surface area (Å²) in [6.45, 7) is 7.09. The first kappa shape index (κ1) is 21.3. The van der Waals surface area contributed by atoms with Gasteiger partial charge in [0.2, 0.25) is 0 Å². The first-order valence-electron chi connectivity index (χ1n) is 11.2. The van der Waals surface area contributed by atoms with Crippen LogP contribution in [-0.4, -0.2) is 64.1 Å². The molecule has 3 fully saturated rings. The first-order chi connectivity index (χ1) is 14.2. The molecule has 3 aliphatic rings. The molecule has 6 heteroatoms. The first-order valence-corrected chi connectivity index (χ1v) is 11.2. The number of amides is 1. The van der Waals surface area contributed by atoms with Crippen LogP contribution in [0.5, 0.6) is 0 Å². The number of piperazine rings is 1. The maximum absolute atomic E-state index is 13.5. The van der Waals surface area contributed by atoms with Crippen molar-refractivity contribution in [2.75, 3.05) is 19.6 Å². The van der Waals surface area contributed by atoms with Gasteiger partial charge in [-0.15, -0.1) is 0 Å². The summed E-state index contributed by atoms with van der Waals surface area (Å²) in [6.07, 6.45) is 4.48. The molecule has 3 atom stereocenters. The fourth-order valence-electron chi connectivity index (χ4n) is 5.45. The highest BCUT2D eigenvalue weighted by Gasteiger charge is 2.50. The van der Waals surface area contributed by atoms with E-state index in [1.807, 2.05) is 51.1 Å². The van der Waals surface area contributed by atoms with Gasteiger partial charge in [0, 0.05) is 25.2 Å². The second kappa shape index (κ2) is 7.97. The number of carbonyl (C=O) groups excluding carboxylic acids is 2. The zero-order chi connectivity index (χ0) is 21.5. The smallest absolute Gasteiger partial charge is 0.410 e. The number of rotatable bonds is 5. The lowest BCUT2D eigenvalue weighted by atomic mass is 9.77. The molecule has 30 heavy (non-hydrogen) atoms. The summed E-state index contributed by atoms with van der Waals surface area (Å²) >= 11 is 0. The zero-order valence-corrected chi connectivity index (χ0v) is 18.3. The third kappa shape index (κ3) is 4.00. The van der Waals surface area contributed by atoms with Crippen molar-refractivity contribution in [3.63, 3.8) is 0 Å². The molecule has 164 valence electrons. The van der Waals surface area contributed by atoms with Crippen LogP contribution in [0.4, 0.5) is 4.79 Å². The Morgan fingerprint density at radius 1 is 1.07 bits per heavy atom. The molecule has 2 bridgehead atoms. The number of nitrogens with zero attached hydrogens (tertiary/aromatic N) is 2. The van der Waals surface area contributed by atoms with Crippen LogP contribution in [0.1, 0.15) is 58.4 Å². The average molecular weight is 415 g/mol. The van der Waals surface area contributed by atoms with Crippen LogP contribution >= 0.6 is 0 Å². The lowest BCUT2D eigenvalue weighted by molar-refractivity contribution is -0.146. The molecule has 1 aromatic rings. The van der Waals surface area contributed by atoms with E-state index in [-0.39, 0.29) is 36.4 Å². The van der Waals surface area contributed by atoms with E-state index in [2.05, 4.69) is 4.90 Å². The topological polar surface area (TPSA) is 70.1 Å². The van der Waals surface area contributed by atoms with E-state index < -0.39 is 11.2 Å². The van der Waals surface area contributed by atoms with Gasteiger partial charge in [0.05, 0.1) is 6.54 Å². The molecule has 0 radical (unpaired) electrons. The van der Waals surface area contributed by atoms with E-state index in [1.54, 1.807) is 4.90 Å². The molecule has 1 aliphatic carbocycles. The van der Waals surface area contributed by atoms with E-state index in [9.17, 15) is 14.7 Å². The number of hydrogen-bond acceptors (Lipinski definition) is 5. The van der Waals surface area contributed by atoms with Crippen LogP contribution in [0.3, 0.4) is 0 Å². The molecule has 0 aromatic heterocycles. The van der Waals surface area contributed by atoms with Gasteiger partial charge in [-0.25, -0.2) is 4.79 Å². The number of Topliss-reactive ketones (excluding diaryl/α,β-unsaturated/α-hetero) is 1. The van der Waals surface area contributed by atoms with Crippen LogP contribution in [0.25, 0.3) is 0 Å². The van der Waals surface area contributed by atoms with E-state index in [0.717, 1.165) is 32.1 Å². The Kier molecular flexibility index (Phi) is 5.66. The Morgan fingerprint density at radius 2 is 1.73 bits per heavy atom. The van der Waals surface area contributed by atoms with Crippen molar-refractivity contribution in [2.24, 2.45) is 5.92 Å². The molecule has 6 nitrogen and oxygen atoms in total. The van der Waals surface area contributed by atoms with Gasteiger partial charge >= 0.3 is 6.09 Å². The maximum Gasteiger partial charge on any atom is 0.410 e. The SMILES string of the molecule is CC(C)(C)OC(=O)N1CC2CC1CN2CC(=O)C(O)(c1ccccc1)C1CCCC1. The number of aliphatic hydroxyl groups is 1. The molecule has 0 spiro atoms. The largest absolute Gasteiger partial charge is 0.444 e. The summed E-state index contributed by atoms with van der Waals surface area (Å²) in [5, 5.41) is 11.7. The van der Waals surface area contributed by atoms with Crippen molar-refractivity contribution in [2.45, 2.75) is 76.2 Å². The van der Waals surface area contributed by atoms with Gasteiger partial charge in [0.25, 0.3) is 0 Å². The minimum atomic E-state index is -1.43. The minimum absolute atomic E-state index is 0.0227. The summed E-state index contributed by atoms with van der Waals surface area (Å²) in [5.41, 5.74) is -1.23. The molecular weight excluding hydrogens is 380 g/mol.